The number of aromatic nitrogens is 1. The fourth-order valence-electron chi connectivity index (χ4n) is 4.16. The molecule has 0 bridgehead atoms. The van der Waals surface area contributed by atoms with E-state index in [2.05, 4.69) is 20.6 Å². The Morgan fingerprint density at radius 3 is 2.60 bits per heavy atom. The van der Waals surface area contributed by atoms with Gasteiger partial charge in [0.15, 0.2) is 9.84 Å². The van der Waals surface area contributed by atoms with Gasteiger partial charge in [0.05, 0.1) is 28.2 Å². The highest BCUT2D eigenvalue weighted by Gasteiger charge is 2.41. The molecule has 0 aliphatic carbocycles. The number of amides is 1. The standard InChI is InChI=1S/C21H27N3O3S3/c1-15-22-17(11-28-15)12-29-18-7-5-16(6-8-18)21(25)23-19-13-30(26,27)14-20(19)24-9-3-2-4-10-24/h5-8,11,19-20H,2-4,9-10,12-14H2,1H3,(H,23,25). The molecule has 2 atom stereocenters. The van der Waals surface area contributed by atoms with Crippen molar-refractivity contribution in [3.05, 3.63) is 45.9 Å². The van der Waals surface area contributed by atoms with Crippen LogP contribution in [0.2, 0.25) is 0 Å². The molecule has 2 aliphatic heterocycles. The molecule has 2 aromatic rings. The molecule has 2 fully saturated rings. The first kappa shape index (κ1) is 21.8. The van der Waals surface area contributed by atoms with Gasteiger partial charge in [-0.2, -0.15) is 0 Å². The van der Waals surface area contributed by atoms with Crippen molar-refractivity contribution in [2.75, 3.05) is 24.6 Å². The number of sulfone groups is 1. The first-order valence-corrected chi connectivity index (χ1v) is 14.0. The van der Waals surface area contributed by atoms with E-state index in [4.69, 9.17) is 0 Å². The summed E-state index contributed by atoms with van der Waals surface area (Å²) in [4.78, 5) is 20.6. The van der Waals surface area contributed by atoms with Crippen LogP contribution in [0.5, 0.6) is 0 Å². The SMILES string of the molecule is Cc1nc(CSc2ccc(C(=O)NC3CS(=O)(=O)CC3N3CCCCC3)cc2)cs1. The van der Waals surface area contributed by atoms with E-state index in [1.165, 1.54) is 6.42 Å². The molecule has 30 heavy (non-hydrogen) atoms. The van der Waals surface area contributed by atoms with Crippen LogP contribution in [0.4, 0.5) is 0 Å². The minimum atomic E-state index is -3.13. The van der Waals surface area contributed by atoms with E-state index >= 15 is 0 Å². The van der Waals surface area contributed by atoms with E-state index in [1.807, 2.05) is 31.2 Å². The van der Waals surface area contributed by atoms with Crippen molar-refractivity contribution in [2.24, 2.45) is 0 Å². The van der Waals surface area contributed by atoms with E-state index in [1.54, 1.807) is 23.1 Å². The average Bonchev–Trinajstić information content (AvgIpc) is 3.29. The van der Waals surface area contributed by atoms with E-state index in [9.17, 15) is 13.2 Å². The minimum absolute atomic E-state index is 0.0287. The predicted octanol–water partition coefficient (Wildman–Crippen LogP) is 3.13. The van der Waals surface area contributed by atoms with Crippen molar-refractivity contribution < 1.29 is 13.2 Å². The second-order valence-electron chi connectivity index (χ2n) is 7.99. The van der Waals surface area contributed by atoms with Gasteiger partial charge in [-0.25, -0.2) is 13.4 Å². The van der Waals surface area contributed by atoms with Crippen LogP contribution in [0.1, 0.15) is 40.3 Å². The number of likely N-dealkylation sites (tertiary alicyclic amines) is 1. The molecule has 0 spiro atoms. The summed E-state index contributed by atoms with van der Waals surface area (Å²) in [6.07, 6.45) is 3.38. The zero-order valence-electron chi connectivity index (χ0n) is 17.0. The van der Waals surface area contributed by atoms with Crippen LogP contribution in [-0.2, 0) is 15.6 Å². The van der Waals surface area contributed by atoms with Crippen LogP contribution >= 0.6 is 23.1 Å². The molecule has 2 unspecified atom stereocenters. The number of thioether (sulfide) groups is 1. The van der Waals surface area contributed by atoms with Crippen molar-refractivity contribution in [2.45, 2.75) is 48.9 Å². The molecule has 0 saturated carbocycles. The maximum atomic E-state index is 12.8. The van der Waals surface area contributed by atoms with Gasteiger partial charge in [-0.15, -0.1) is 23.1 Å². The monoisotopic (exact) mass is 465 g/mol. The van der Waals surface area contributed by atoms with Crippen LogP contribution in [0.3, 0.4) is 0 Å². The second-order valence-corrected chi connectivity index (χ2v) is 12.3. The van der Waals surface area contributed by atoms with Gasteiger partial charge < -0.3 is 5.32 Å². The Morgan fingerprint density at radius 2 is 1.93 bits per heavy atom. The van der Waals surface area contributed by atoms with E-state index in [0.717, 1.165) is 47.3 Å². The summed E-state index contributed by atoms with van der Waals surface area (Å²) in [5.74, 6) is 0.767. The Labute approximate surface area is 186 Å². The number of thiazole rings is 1. The van der Waals surface area contributed by atoms with E-state index < -0.39 is 9.84 Å². The van der Waals surface area contributed by atoms with Crippen LogP contribution in [0, 0.1) is 6.92 Å². The van der Waals surface area contributed by atoms with Gasteiger partial charge in [0.2, 0.25) is 0 Å². The third-order valence-corrected chi connectivity index (χ3v) is 9.25. The van der Waals surface area contributed by atoms with Gasteiger partial charge in [-0.1, -0.05) is 6.42 Å². The number of hydrogen-bond donors (Lipinski definition) is 1. The molecular formula is C21H27N3O3S3. The molecule has 162 valence electrons. The van der Waals surface area contributed by atoms with Crippen molar-refractivity contribution in [1.29, 1.82) is 0 Å². The topological polar surface area (TPSA) is 79.4 Å². The molecular weight excluding hydrogens is 438 g/mol. The molecule has 2 saturated heterocycles. The van der Waals surface area contributed by atoms with Gasteiger partial charge in [0.25, 0.3) is 5.91 Å². The molecule has 1 aromatic heterocycles. The predicted molar refractivity (Wildman–Crippen MR) is 122 cm³/mol. The number of aryl methyl sites for hydroxylation is 1. The van der Waals surface area contributed by atoms with Crippen LogP contribution < -0.4 is 5.32 Å². The van der Waals surface area contributed by atoms with Gasteiger partial charge in [-0.05, 0) is 57.1 Å². The molecule has 1 aromatic carbocycles. The van der Waals surface area contributed by atoms with Crippen molar-refractivity contribution in [1.82, 2.24) is 15.2 Å². The fourth-order valence-corrected chi connectivity index (χ4v) is 7.62. The first-order chi connectivity index (χ1) is 14.4. The molecule has 1 N–H and O–H groups in total. The number of nitrogens with one attached hydrogen (secondary N) is 1. The largest absolute Gasteiger partial charge is 0.347 e. The van der Waals surface area contributed by atoms with E-state index in [-0.39, 0.29) is 29.5 Å². The van der Waals surface area contributed by atoms with Crippen LogP contribution in [0.15, 0.2) is 34.5 Å². The Balaban J connectivity index is 1.37. The first-order valence-electron chi connectivity index (χ1n) is 10.3. The van der Waals surface area contributed by atoms with Crippen LogP contribution in [0.25, 0.3) is 0 Å². The summed E-state index contributed by atoms with van der Waals surface area (Å²) in [6, 6.07) is 7.03. The lowest BCUT2D eigenvalue weighted by atomic mass is 10.0. The van der Waals surface area contributed by atoms with Crippen molar-refractivity contribution in [3.8, 4) is 0 Å². The average molecular weight is 466 g/mol. The number of piperidine rings is 1. The summed E-state index contributed by atoms with van der Waals surface area (Å²) in [7, 11) is -3.13. The van der Waals surface area contributed by atoms with E-state index in [0.29, 0.717) is 5.56 Å². The number of hydrogen-bond acceptors (Lipinski definition) is 7. The second kappa shape index (κ2) is 9.38. The Bertz CT molecular complexity index is 982. The lowest BCUT2D eigenvalue weighted by molar-refractivity contribution is 0.0900. The number of benzene rings is 1. The summed E-state index contributed by atoms with van der Waals surface area (Å²) < 4.78 is 24.5. The Hall–Kier alpha value is -1.42. The maximum absolute atomic E-state index is 12.8. The number of carbonyl (C=O) groups is 1. The Kier molecular flexibility index (Phi) is 6.81. The van der Waals surface area contributed by atoms with Gasteiger partial charge >= 0.3 is 0 Å². The highest BCUT2D eigenvalue weighted by Crippen LogP contribution is 2.25. The summed E-state index contributed by atoms with van der Waals surface area (Å²) in [6.45, 7) is 3.83. The van der Waals surface area contributed by atoms with Gasteiger partial charge in [0, 0.05) is 27.6 Å². The number of nitrogens with zero attached hydrogens (tertiary/aromatic N) is 2. The highest BCUT2D eigenvalue weighted by molar-refractivity contribution is 7.98. The third-order valence-electron chi connectivity index (χ3n) is 5.67. The van der Waals surface area contributed by atoms with Gasteiger partial charge in [-0.3, -0.25) is 9.69 Å². The number of rotatable bonds is 6. The zero-order valence-corrected chi connectivity index (χ0v) is 19.5. The smallest absolute Gasteiger partial charge is 0.251 e. The molecule has 1 amide bonds. The molecule has 0 radical (unpaired) electrons. The number of carbonyl (C=O) groups excluding carboxylic acids is 1. The lowest BCUT2D eigenvalue weighted by Crippen LogP contribution is -2.52. The maximum Gasteiger partial charge on any atom is 0.251 e. The Morgan fingerprint density at radius 1 is 1.20 bits per heavy atom. The summed E-state index contributed by atoms with van der Waals surface area (Å²) in [5.41, 5.74) is 1.63. The van der Waals surface area contributed by atoms with Gasteiger partial charge in [0.1, 0.15) is 0 Å². The quantitative estimate of drug-likeness (QED) is 0.661. The molecule has 2 aliphatic rings. The molecule has 4 rings (SSSR count). The highest BCUT2D eigenvalue weighted by atomic mass is 32.2. The fraction of sp³-hybridized carbons (Fsp3) is 0.524. The normalized spacial score (nSPS) is 24.0. The molecule has 3 heterocycles. The van der Waals surface area contributed by atoms with Crippen molar-refractivity contribution >= 4 is 38.8 Å². The van der Waals surface area contributed by atoms with Crippen molar-refractivity contribution in [3.63, 3.8) is 0 Å². The molecule has 6 nitrogen and oxygen atoms in total. The minimum Gasteiger partial charge on any atom is -0.347 e. The summed E-state index contributed by atoms with van der Waals surface area (Å²) >= 11 is 3.33. The lowest BCUT2D eigenvalue weighted by Gasteiger charge is -2.35. The third kappa shape index (κ3) is 5.43. The molecule has 9 heteroatoms. The van der Waals surface area contributed by atoms with Crippen LogP contribution in [-0.4, -0.2) is 60.9 Å². The zero-order chi connectivity index (χ0) is 21.1. The summed E-state index contributed by atoms with van der Waals surface area (Å²) in [5, 5.41) is 6.14.